The molecule has 0 bridgehead atoms. The van der Waals surface area contributed by atoms with Crippen molar-refractivity contribution in [1.29, 1.82) is 0 Å². The molecular weight excluding hydrogens is 340 g/mol. The summed E-state index contributed by atoms with van der Waals surface area (Å²) in [5, 5.41) is 8.17. The van der Waals surface area contributed by atoms with Crippen LogP contribution in [0, 0.1) is 0 Å². The Labute approximate surface area is 139 Å². The summed E-state index contributed by atoms with van der Waals surface area (Å²) in [5.74, 6) is 0.0661. The molecular formula is C15H15ClN2O4S. The molecule has 0 saturated carbocycles. The smallest absolute Gasteiger partial charge is 0.255 e. The van der Waals surface area contributed by atoms with Crippen LogP contribution < -0.4 is 15.2 Å². The predicted molar refractivity (Wildman–Crippen MR) is 87.0 cm³/mol. The molecule has 122 valence electrons. The lowest BCUT2D eigenvalue weighted by Gasteiger charge is -2.10. The first kappa shape index (κ1) is 17.3. The number of nitrogens with one attached hydrogen (secondary N) is 1. The molecule has 0 unspecified atom stereocenters. The molecule has 0 aliphatic rings. The topological polar surface area (TPSA) is 98.5 Å². The lowest BCUT2D eigenvalue weighted by molar-refractivity contribution is 0.0948. The molecule has 0 aliphatic heterocycles. The maximum Gasteiger partial charge on any atom is 0.255 e. The predicted octanol–water partition coefficient (Wildman–Crippen LogP) is 1.93. The molecule has 6 nitrogen and oxygen atoms in total. The maximum atomic E-state index is 12.2. The molecule has 0 heterocycles. The number of hydrogen-bond donors (Lipinski definition) is 2. The largest absolute Gasteiger partial charge is 0.496 e. The van der Waals surface area contributed by atoms with Crippen molar-refractivity contribution in [2.75, 3.05) is 7.11 Å². The van der Waals surface area contributed by atoms with E-state index in [9.17, 15) is 13.2 Å². The first-order chi connectivity index (χ1) is 10.8. The number of amides is 1. The number of hydrogen-bond acceptors (Lipinski definition) is 4. The quantitative estimate of drug-likeness (QED) is 0.857. The Bertz CT molecular complexity index is 820. The minimum atomic E-state index is -3.73. The minimum absolute atomic E-state index is 0.0177. The van der Waals surface area contributed by atoms with E-state index in [1.54, 1.807) is 24.3 Å². The number of ether oxygens (including phenoxy) is 1. The highest BCUT2D eigenvalue weighted by molar-refractivity contribution is 7.89. The maximum absolute atomic E-state index is 12.2. The van der Waals surface area contributed by atoms with Crippen molar-refractivity contribution in [3.63, 3.8) is 0 Å². The molecule has 0 aliphatic carbocycles. The van der Waals surface area contributed by atoms with Crippen LogP contribution in [-0.2, 0) is 16.6 Å². The molecule has 8 heteroatoms. The van der Waals surface area contributed by atoms with Crippen LogP contribution in [0.25, 0.3) is 0 Å². The van der Waals surface area contributed by atoms with E-state index < -0.39 is 10.0 Å². The minimum Gasteiger partial charge on any atom is -0.496 e. The summed E-state index contributed by atoms with van der Waals surface area (Å²) in [7, 11) is -2.26. The number of carbonyl (C=O) groups excluding carboxylic acids is 1. The number of sulfonamides is 1. The average molecular weight is 355 g/mol. The molecule has 0 atom stereocenters. The summed E-state index contributed by atoms with van der Waals surface area (Å²) in [6.07, 6.45) is 0. The van der Waals surface area contributed by atoms with E-state index in [1.165, 1.54) is 25.3 Å². The normalized spacial score (nSPS) is 11.1. The molecule has 0 aromatic heterocycles. The summed E-state index contributed by atoms with van der Waals surface area (Å²) in [6, 6.07) is 10.7. The molecule has 2 rings (SSSR count). The van der Waals surface area contributed by atoms with Crippen molar-refractivity contribution in [3.8, 4) is 5.75 Å². The van der Waals surface area contributed by atoms with Crippen LogP contribution in [0.3, 0.4) is 0 Å². The van der Waals surface area contributed by atoms with Gasteiger partial charge in [0.05, 0.1) is 17.6 Å². The van der Waals surface area contributed by atoms with E-state index in [4.69, 9.17) is 21.5 Å². The molecule has 0 fully saturated rings. The Kier molecular flexibility index (Phi) is 5.25. The van der Waals surface area contributed by atoms with Crippen LogP contribution in [0.1, 0.15) is 15.9 Å². The van der Waals surface area contributed by atoms with E-state index in [1.807, 2.05) is 0 Å². The number of nitrogens with two attached hydrogens (primary N) is 1. The summed E-state index contributed by atoms with van der Waals surface area (Å²) < 4.78 is 27.5. The van der Waals surface area contributed by atoms with Crippen molar-refractivity contribution < 1.29 is 17.9 Å². The summed E-state index contributed by atoms with van der Waals surface area (Å²) in [4.78, 5) is 12.2. The third-order valence-corrected chi connectivity index (χ3v) is 4.28. The number of primary sulfonamides is 1. The van der Waals surface area contributed by atoms with Gasteiger partial charge in [0.1, 0.15) is 5.75 Å². The fraction of sp³-hybridized carbons (Fsp3) is 0.133. The first-order valence-electron chi connectivity index (χ1n) is 6.55. The van der Waals surface area contributed by atoms with Gasteiger partial charge in [-0.25, -0.2) is 13.6 Å². The highest BCUT2D eigenvalue weighted by Gasteiger charge is 2.13. The van der Waals surface area contributed by atoms with Crippen molar-refractivity contribution in [2.45, 2.75) is 11.4 Å². The molecule has 2 aromatic carbocycles. The van der Waals surface area contributed by atoms with Gasteiger partial charge in [-0.2, -0.15) is 0 Å². The lowest BCUT2D eigenvalue weighted by Crippen LogP contribution is -2.23. The Morgan fingerprint density at radius 1 is 1.22 bits per heavy atom. The SMILES string of the molecule is COc1ccc(Cl)cc1C(=O)NCc1ccc(S(N)(=O)=O)cc1. The molecule has 0 spiro atoms. The Balaban J connectivity index is 2.09. The summed E-state index contributed by atoms with van der Waals surface area (Å²) in [6.45, 7) is 0.222. The van der Waals surface area contributed by atoms with Gasteiger partial charge in [-0.3, -0.25) is 4.79 Å². The highest BCUT2D eigenvalue weighted by Crippen LogP contribution is 2.22. The third kappa shape index (κ3) is 4.44. The number of methoxy groups -OCH3 is 1. The average Bonchev–Trinajstić information content (AvgIpc) is 2.52. The second-order valence-corrected chi connectivity index (χ2v) is 6.71. The fourth-order valence-corrected chi connectivity index (χ4v) is 2.62. The van der Waals surface area contributed by atoms with Gasteiger partial charge in [-0.15, -0.1) is 0 Å². The molecule has 0 saturated heterocycles. The van der Waals surface area contributed by atoms with Crippen molar-refractivity contribution in [2.24, 2.45) is 5.14 Å². The van der Waals surface area contributed by atoms with Gasteiger partial charge >= 0.3 is 0 Å². The van der Waals surface area contributed by atoms with Gasteiger partial charge in [0, 0.05) is 11.6 Å². The second-order valence-electron chi connectivity index (χ2n) is 4.72. The fourth-order valence-electron chi connectivity index (χ4n) is 1.93. The number of rotatable bonds is 5. The van der Waals surface area contributed by atoms with Gasteiger partial charge < -0.3 is 10.1 Å². The van der Waals surface area contributed by atoms with Gasteiger partial charge in [0.25, 0.3) is 5.91 Å². The van der Waals surface area contributed by atoms with Crippen LogP contribution in [0.4, 0.5) is 0 Å². The van der Waals surface area contributed by atoms with Crippen LogP contribution in [0.5, 0.6) is 5.75 Å². The highest BCUT2D eigenvalue weighted by atomic mass is 35.5. The van der Waals surface area contributed by atoms with E-state index in [0.717, 1.165) is 5.56 Å². The molecule has 3 N–H and O–H groups in total. The number of halogens is 1. The summed E-state index contributed by atoms with van der Waals surface area (Å²) in [5.41, 5.74) is 1.05. The van der Waals surface area contributed by atoms with Crippen LogP contribution >= 0.6 is 11.6 Å². The van der Waals surface area contributed by atoms with Gasteiger partial charge in [0.15, 0.2) is 0 Å². The Morgan fingerprint density at radius 3 is 2.43 bits per heavy atom. The molecule has 23 heavy (non-hydrogen) atoms. The zero-order chi connectivity index (χ0) is 17.0. The van der Waals surface area contributed by atoms with Crippen molar-refractivity contribution >= 4 is 27.5 Å². The molecule has 2 aromatic rings. The zero-order valence-corrected chi connectivity index (χ0v) is 13.8. The van der Waals surface area contributed by atoms with Gasteiger partial charge in [-0.1, -0.05) is 23.7 Å². The second kappa shape index (κ2) is 6.99. The van der Waals surface area contributed by atoms with Crippen LogP contribution in [-0.4, -0.2) is 21.4 Å². The third-order valence-electron chi connectivity index (χ3n) is 3.11. The van der Waals surface area contributed by atoms with Gasteiger partial charge in [-0.05, 0) is 35.9 Å². The lowest BCUT2D eigenvalue weighted by atomic mass is 10.1. The molecule has 1 amide bonds. The summed E-state index contributed by atoms with van der Waals surface area (Å²) >= 11 is 5.89. The van der Waals surface area contributed by atoms with E-state index in [2.05, 4.69) is 5.32 Å². The van der Waals surface area contributed by atoms with Crippen molar-refractivity contribution in [3.05, 3.63) is 58.6 Å². The van der Waals surface area contributed by atoms with E-state index >= 15 is 0 Å². The first-order valence-corrected chi connectivity index (χ1v) is 8.47. The standard InChI is InChI=1S/C15H15ClN2O4S/c1-22-14-7-4-11(16)8-13(14)15(19)18-9-10-2-5-12(6-3-10)23(17,20)21/h2-8H,9H2,1H3,(H,18,19)(H2,17,20,21). The van der Waals surface area contributed by atoms with Crippen LogP contribution in [0.15, 0.2) is 47.4 Å². The number of carbonyl (C=O) groups is 1. The number of benzene rings is 2. The van der Waals surface area contributed by atoms with E-state index in [-0.39, 0.29) is 17.3 Å². The zero-order valence-electron chi connectivity index (χ0n) is 12.2. The monoisotopic (exact) mass is 354 g/mol. The Hall–Kier alpha value is -2.09. The molecule has 0 radical (unpaired) electrons. The van der Waals surface area contributed by atoms with Crippen LogP contribution in [0.2, 0.25) is 5.02 Å². The van der Waals surface area contributed by atoms with Crippen molar-refractivity contribution in [1.82, 2.24) is 5.32 Å². The van der Waals surface area contributed by atoms with E-state index in [0.29, 0.717) is 16.3 Å². The Morgan fingerprint density at radius 2 is 1.87 bits per heavy atom. The van der Waals surface area contributed by atoms with Gasteiger partial charge in [0.2, 0.25) is 10.0 Å².